The lowest BCUT2D eigenvalue weighted by Crippen LogP contribution is -1.84. The molecule has 1 heteroatoms. The molecule has 0 amide bonds. The summed E-state index contributed by atoms with van der Waals surface area (Å²) in [4.78, 5) is 10.8. The number of hydrogen-bond acceptors (Lipinski definition) is 1. The maximum atomic E-state index is 10.8. The third kappa shape index (κ3) is 4.43. The second-order valence-electron chi connectivity index (χ2n) is 4.00. The molecule has 0 atom stereocenters. The lowest BCUT2D eigenvalue weighted by atomic mass is 10.1. The van der Waals surface area contributed by atoms with Crippen LogP contribution >= 0.6 is 0 Å². The van der Waals surface area contributed by atoms with Gasteiger partial charge >= 0.3 is 0 Å². The molecule has 0 saturated heterocycles. The van der Waals surface area contributed by atoms with E-state index in [4.69, 9.17) is 0 Å². The Morgan fingerprint density at radius 3 is 2.50 bits per heavy atom. The van der Waals surface area contributed by atoms with Crippen LogP contribution in [0.3, 0.4) is 0 Å². The second kappa shape index (κ2) is 7.86. The van der Waals surface area contributed by atoms with Gasteiger partial charge in [-0.05, 0) is 18.4 Å². The van der Waals surface area contributed by atoms with Crippen LogP contribution in [0, 0.1) is 0 Å². The van der Waals surface area contributed by atoms with Crippen LogP contribution in [-0.2, 0) is 0 Å². The zero-order valence-corrected chi connectivity index (χ0v) is 9.99. The molecule has 0 aromatic heterocycles. The van der Waals surface area contributed by atoms with Crippen molar-refractivity contribution in [1.82, 2.24) is 0 Å². The van der Waals surface area contributed by atoms with Crippen LogP contribution in [0.5, 0.6) is 0 Å². The van der Waals surface area contributed by atoms with Crippen LogP contribution in [0.15, 0.2) is 30.3 Å². The van der Waals surface area contributed by atoms with Gasteiger partial charge in [0.25, 0.3) is 0 Å². The van der Waals surface area contributed by atoms with Gasteiger partial charge in [-0.3, -0.25) is 4.79 Å². The van der Waals surface area contributed by atoms with E-state index in [-0.39, 0.29) is 0 Å². The smallest absolute Gasteiger partial charge is 0.150 e. The van der Waals surface area contributed by atoms with Gasteiger partial charge in [-0.25, -0.2) is 0 Å². The van der Waals surface area contributed by atoms with E-state index in [1.165, 1.54) is 25.7 Å². The van der Waals surface area contributed by atoms with Gasteiger partial charge in [-0.1, -0.05) is 62.6 Å². The largest absolute Gasteiger partial charge is 0.298 e. The summed E-state index contributed by atoms with van der Waals surface area (Å²) in [5, 5.41) is 0. The predicted molar refractivity (Wildman–Crippen MR) is 69.6 cm³/mol. The Hall–Kier alpha value is -1.37. The van der Waals surface area contributed by atoms with Gasteiger partial charge in [-0.15, -0.1) is 0 Å². The third-order valence-electron chi connectivity index (χ3n) is 2.64. The Bertz CT molecular complexity index is 339. The molecular formula is C15H20O. The number of rotatable bonds is 7. The van der Waals surface area contributed by atoms with Crippen LogP contribution in [0.25, 0.3) is 6.08 Å². The Balaban J connectivity index is 2.40. The second-order valence-corrected chi connectivity index (χ2v) is 4.00. The Labute approximate surface area is 98.2 Å². The number of benzene rings is 1. The Morgan fingerprint density at radius 1 is 1.06 bits per heavy atom. The van der Waals surface area contributed by atoms with Crippen molar-refractivity contribution in [2.24, 2.45) is 0 Å². The van der Waals surface area contributed by atoms with Crippen molar-refractivity contribution in [1.29, 1.82) is 0 Å². The molecular weight excluding hydrogens is 196 g/mol. The molecule has 0 radical (unpaired) electrons. The van der Waals surface area contributed by atoms with E-state index in [0.717, 1.165) is 23.8 Å². The van der Waals surface area contributed by atoms with Crippen LogP contribution in [0.4, 0.5) is 0 Å². The van der Waals surface area contributed by atoms with Gasteiger partial charge in [0.15, 0.2) is 6.29 Å². The summed E-state index contributed by atoms with van der Waals surface area (Å²) in [6.07, 6.45) is 11.4. The van der Waals surface area contributed by atoms with Crippen molar-refractivity contribution >= 4 is 12.4 Å². The first kappa shape index (κ1) is 12.7. The molecule has 0 N–H and O–H groups in total. The van der Waals surface area contributed by atoms with Gasteiger partial charge in [0, 0.05) is 5.56 Å². The van der Waals surface area contributed by atoms with E-state index in [0.29, 0.717) is 0 Å². The van der Waals surface area contributed by atoms with Gasteiger partial charge in [0.05, 0.1) is 0 Å². The first-order valence-corrected chi connectivity index (χ1v) is 6.09. The maximum absolute atomic E-state index is 10.8. The van der Waals surface area contributed by atoms with Crippen LogP contribution < -0.4 is 0 Å². The number of unbranched alkanes of at least 4 members (excludes halogenated alkanes) is 4. The standard InChI is InChI=1S/C15H20O/c1-2-3-4-5-6-7-10-14-11-8-9-12-15(14)13-16/h7-13H,2-6H2,1H3. The lowest BCUT2D eigenvalue weighted by Gasteiger charge is -1.98. The maximum Gasteiger partial charge on any atom is 0.150 e. The molecule has 1 aromatic carbocycles. The average Bonchev–Trinajstić information content (AvgIpc) is 2.34. The number of hydrogen-bond donors (Lipinski definition) is 0. The number of allylic oxidation sites excluding steroid dienone is 1. The fourth-order valence-corrected chi connectivity index (χ4v) is 1.67. The molecule has 0 spiro atoms. The molecule has 16 heavy (non-hydrogen) atoms. The molecule has 1 nitrogen and oxygen atoms in total. The van der Waals surface area contributed by atoms with Crippen molar-refractivity contribution in [3.63, 3.8) is 0 Å². The first-order chi connectivity index (χ1) is 7.88. The van der Waals surface area contributed by atoms with Crippen LogP contribution in [-0.4, -0.2) is 6.29 Å². The van der Waals surface area contributed by atoms with Crippen LogP contribution in [0.2, 0.25) is 0 Å². The molecule has 0 aliphatic heterocycles. The summed E-state index contributed by atoms with van der Waals surface area (Å²) in [5.41, 5.74) is 1.79. The van der Waals surface area contributed by atoms with E-state index in [1.54, 1.807) is 0 Å². The molecule has 0 aliphatic carbocycles. The summed E-state index contributed by atoms with van der Waals surface area (Å²) in [6, 6.07) is 7.68. The molecule has 0 saturated carbocycles. The molecule has 0 bridgehead atoms. The zero-order chi connectivity index (χ0) is 11.6. The lowest BCUT2D eigenvalue weighted by molar-refractivity contribution is 0.112. The highest BCUT2D eigenvalue weighted by molar-refractivity contribution is 5.81. The minimum atomic E-state index is 0.771. The van der Waals surface area contributed by atoms with Crippen molar-refractivity contribution in [2.75, 3.05) is 0 Å². The van der Waals surface area contributed by atoms with E-state index in [2.05, 4.69) is 19.1 Å². The SMILES string of the molecule is CCCCCCC=Cc1ccccc1C=O. The fourth-order valence-electron chi connectivity index (χ4n) is 1.67. The van der Waals surface area contributed by atoms with Gasteiger partial charge in [-0.2, -0.15) is 0 Å². The molecule has 0 heterocycles. The fraction of sp³-hybridized carbons (Fsp3) is 0.400. The minimum absolute atomic E-state index is 0.771. The molecule has 0 aliphatic rings. The van der Waals surface area contributed by atoms with E-state index < -0.39 is 0 Å². The van der Waals surface area contributed by atoms with Gasteiger partial charge < -0.3 is 0 Å². The van der Waals surface area contributed by atoms with Crippen molar-refractivity contribution in [3.8, 4) is 0 Å². The Kier molecular flexibility index (Phi) is 6.24. The average molecular weight is 216 g/mol. The normalized spacial score (nSPS) is 10.8. The third-order valence-corrected chi connectivity index (χ3v) is 2.64. The summed E-state index contributed by atoms with van der Waals surface area (Å²) < 4.78 is 0. The van der Waals surface area contributed by atoms with E-state index >= 15 is 0 Å². The summed E-state index contributed by atoms with van der Waals surface area (Å²) >= 11 is 0. The Morgan fingerprint density at radius 2 is 1.81 bits per heavy atom. The van der Waals surface area contributed by atoms with Crippen molar-refractivity contribution in [2.45, 2.75) is 39.0 Å². The summed E-state index contributed by atoms with van der Waals surface area (Å²) in [6.45, 7) is 2.22. The first-order valence-electron chi connectivity index (χ1n) is 6.09. The summed E-state index contributed by atoms with van der Waals surface area (Å²) in [5.74, 6) is 0. The number of aldehydes is 1. The molecule has 1 aromatic rings. The van der Waals surface area contributed by atoms with Crippen molar-refractivity contribution in [3.05, 3.63) is 41.5 Å². The van der Waals surface area contributed by atoms with Gasteiger partial charge in [0.2, 0.25) is 0 Å². The molecule has 86 valence electrons. The highest BCUT2D eigenvalue weighted by atomic mass is 16.1. The summed E-state index contributed by atoms with van der Waals surface area (Å²) in [7, 11) is 0. The highest BCUT2D eigenvalue weighted by Crippen LogP contribution is 2.10. The molecule has 0 unspecified atom stereocenters. The van der Waals surface area contributed by atoms with E-state index in [1.807, 2.05) is 24.3 Å². The number of carbonyl (C=O) groups excluding carboxylic acids is 1. The highest BCUT2D eigenvalue weighted by Gasteiger charge is 1.94. The zero-order valence-electron chi connectivity index (χ0n) is 9.99. The monoisotopic (exact) mass is 216 g/mol. The molecule has 0 fully saturated rings. The number of carbonyl (C=O) groups is 1. The minimum Gasteiger partial charge on any atom is -0.298 e. The molecule has 1 rings (SSSR count). The van der Waals surface area contributed by atoms with E-state index in [9.17, 15) is 4.79 Å². The topological polar surface area (TPSA) is 17.1 Å². The van der Waals surface area contributed by atoms with Crippen LogP contribution in [0.1, 0.15) is 54.9 Å². The van der Waals surface area contributed by atoms with Gasteiger partial charge in [0.1, 0.15) is 0 Å². The van der Waals surface area contributed by atoms with Crippen molar-refractivity contribution < 1.29 is 4.79 Å². The predicted octanol–water partition coefficient (Wildman–Crippen LogP) is 4.48. The quantitative estimate of drug-likeness (QED) is 0.485.